The Balaban J connectivity index is 1.86. The zero-order valence-electron chi connectivity index (χ0n) is 11.3. The van der Waals surface area contributed by atoms with Crippen LogP contribution in [0.4, 0.5) is 13.2 Å². The van der Waals surface area contributed by atoms with E-state index in [2.05, 4.69) is 10.1 Å². The minimum absolute atomic E-state index is 0.123. The normalized spacial score (nSPS) is 18.5. The van der Waals surface area contributed by atoms with Gasteiger partial charge < -0.3 is 14.8 Å². The van der Waals surface area contributed by atoms with E-state index < -0.39 is 6.36 Å². The van der Waals surface area contributed by atoms with Crippen molar-refractivity contribution in [3.8, 4) is 5.75 Å². The SMILES string of the molecule is O=C(NCCc1ccccc1OC(F)(F)F)[C@@H]1CCOC1. The molecule has 1 N–H and O–H groups in total. The lowest BCUT2D eigenvalue weighted by Crippen LogP contribution is -2.32. The predicted molar refractivity (Wildman–Crippen MR) is 68.8 cm³/mol. The number of ether oxygens (including phenoxy) is 2. The molecule has 1 aliphatic rings. The summed E-state index contributed by atoms with van der Waals surface area (Å²) in [6, 6.07) is 5.91. The lowest BCUT2D eigenvalue weighted by Gasteiger charge is -2.14. The third-order valence-electron chi connectivity index (χ3n) is 3.19. The summed E-state index contributed by atoms with van der Waals surface area (Å²) < 4.78 is 45.9. The Morgan fingerprint density at radius 1 is 1.38 bits per heavy atom. The number of rotatable bonds is 5. The van der Waals surface area contributed by atoms with Gasteiger partial charge in [-0.15, -0.1) is 13.2 Å². The number of hydrogen-bond donors (Lipinski definition) is 1. The Kier molecular flexibility index (Phi) is 5.06. The van der Waals surface area contributed by atoms with Gasteiger partial charge in [0, 0.05) is 13.2 Å². The molecule has 1 aromatic rings. The maximum absolute atomic E-state index is 12.3. The molecule has 1 atom stereocenters. The molecule has 1 amide bonds. The van der Waals surface area contributed by atoms with Crippen molar-refractivity contribution >= 4 is 5.91 Å². The Morgan fingerprint density at radius 3 is 2.81 bits per heavy atom. The van der Waals surface area contributed by atoms with Crippen molar-refractivity contribution < 1.29 is 27.4 Å². The maximum Gasteiger partial charge on any atom is 0.573 e. The molecule has 0 radical (unpaired) electrons. The molecule has 1 saturated heterocycles. The van der Waals surface area contributed by atoms with E-state index in [1.54, 1.807) is 12.1 Å². The summed E-state index contributed by atoms with van der Waals surface area (Å²) in [6.45, 7) is 1.23. The molecule has 0 saturated carbocycles. The second-order valence-electron chi connectivity index (χ2n) is 4.76. The van der Waals surface area contributed by atoms with Crippen LogP contribution in [-0.2, 0) is 16.0 Å². The minimum Gasteiger partial charge on any atom is -0.406 e. The summed E-state index contributed by atoms with van der Waals surface area (Å²) in [5.41, 5.74) is 0.401. The molecule has 0 spiro atoms. The molecule has 21 heavy (non-hydrogen) atoms. The molecule has 1 aromatic carbocycles. The summed E-state index contributed by atoms with van der Waals surface area (Å²) in [5, 5.41) is 2.71. The van der Waals surface area contributed by atoms with E-state index >= 15 is 0 Å². The molecule has 0 aliphatic carbocycles. The van der Waals surface area contributed by atoms with E-state index in [0.717, 1.165) is 0 Å². The third-order valence-corrected chi connectivity index (χ3v) is 3.19. The molecule has 1 fully saturated rings. The first-order chi connectivity index (χ1) is 9.96. The van der Waals surface area contributed by atoms with Gasteiger partial charge in [-0.25, -0.2) is 0 Å². The van der Waals surface area contributed by atoms with E-state index in [-0.39, 0.29) is 30.5 Å². The van der Waals surface area contributed by atoms with Gasteiger partial charge in [0.05, 0.1) is 12.5 Å². The van der Waals surface area contributed by atoms with Crippen LogP contribution in [-0.4, -0.2) is 32.0 Å². The van der Waals surface area contributed by atoms with Crippen molar-refractivity contribution in [3.05, 3.63) is 29.8 Å². The molecule has 2 rings (SSSR count). The lowest BCUT2D eigenvalue weighted by molar-refractivity contribution is -0.274. The molecule has 1 aliphatic heterocycles. The number of para-hydroxylation sites is 1. The van der Waals surface area contributed by atoms with Gasteiger partial charge in [0.2, 0.25) is 5.91 Å². The molecule has 0 bridgehead atoms. The average Bonchev–Trinajstić information content (AvgIpc) is 2.93. The van der Waals surface area contributed by atoms with Crippen LogP contribution in [0, 0.1) is 5.92 Å². The smallest absolute Gasteiger partial charge is 0.406 e. The first-order valence-electron chi connectivity index (χ1n) is 6.65. The van der Waals surface area contributed by atoms with Crippen LogP contribution in [0.2, 0.25) is 0 Å². The van der Waals surface area contributed by atoms with Crippen molar-refractivity contribution in [1.82, 2.24) is 5.32 Å². The zero-order valence-corrected chi connectivity index (χ0v) is 11.3. The van der Waals surface area contributed by atoms with Gasteiger partial charge in [-0.05, 0) is 24.5 Å². The van der Waals surface area contributed by atoms with E-state index in [1.807, 2.05) is 0 Å². The molecule has 0 unspecified atom stereocenters. The number of benzene rings is 1. The van der Waals surface area contributed by atoms with E-state index in [9.17, 15) is 18.0 Å². The molecular formula is C14H16F3NO3. The Hall–Kier alpha value is -1.76. The topological polar surface area (TPSA) is 47.6 Å². The van der Waals surface area contributed by atoms with Gasteiger partial charge in [0.25, 0.3) is 0 Å². The minimum atomic E-state index is -4.72. The van der Waals surface area contributed by atoms with E-state index in [1.165, 1.54) is 12.1 Å². The van der Waals surface area contributed by atoms with Gasteiger partial charge in [-0.2, -0.15) is 0 Å². The molecular weight excluding hydrogens is 287 g/mol. The number of hydrogen-bond acceptors (Lipinski definition) is 3. The molecule has 1 heterocycles. The Labute approximate surface area is 120 Å². The van der Waals surface area contributed by atoms with Crippen molar-refractivity contribution in [2.45, 2.75) is 19.2 Å². The van der Waals surface area contributed by atoms with Crippen LogP contribution in [0.25, 0.3) is 0 Å². The Bertz CT molecular complexity index is 485. The van der Waals surface area contributed by atoms with Crippen molar-refractivity contribution in [3.63, 3.8) is 0 Å². The van der Waals surface area contributed by atoms with Crippen molar-refractivity contribution in [2.24, 2.45) is 5.92 Å². The average molecular weight is 303 g/mol. The van der Waals surface area contributed by atoms with Crippen LogP contribution < -0.4 is 10.1 Å². The Morgan fingerprint density at radius 2 is 2.14 bits per heavy atom. The zero-order chi connectivity index (χ0) is 15.3. The number of alkyl halides is 3. The summed E-state index contributed by atoms with van der Waals surface area (Å²) >= 11 is 0. The van der Waals surface area contributed by atoms with Gasteiger partial charge in [-0.1, -0.05) is 18.2 Å². The summed E-state index contributed by atoms with van der Waals surface area (Å²) in [5.74, 6) is -0.517. The van der Waals surface area contributed by atoms with Gasteiger partial charge in [-0.3, -0.25) is 4.79 Å². The third kappa shape index (κ3) is 4.93. The largest absolute Gasteiger partial charge is 0.573 e. The number of carbonyl (C=O) groups excluding carboxylic acids is 1. The first-order valence-corrected chi connectivity index (χ1v) is 6.65. The highest BCUT2D eigenvalue weighted by Gasteiger charge is 2.32. The molecule has 4 nitrogen and oxygen atoms in total. The van der Waals surface area contributed by atoms with E-state index in [0.29, 0.717) is 25.2 Å². The van der Waals surface area contributed by atoms with Gasteiger partial charge in [0.1, 0.15) is 5.75 Å². The second-order valence-corrected chi connectivity index (χ2v) is 4.76. The quantitative estimate of drug-likeness (QED) is 0.908. The summed E-state index contributed by atoms with van der Waals surface area (Å²) in [7, 11) is 0. The molecule has 0 aromatic heterocycles. The van der Waals surface area contributed by atoms with Crippen LogP contribution in [0.15, 0.2) is 24.3 Å². The fraction of sp³-hybridized carbons (Fsp3) is 0.500. The number of nitrogens with one attached hydrogen (secondary N) is 1. The first kappa shape index (κ1) is 15.6. The van der Waals surface area contributed by atoms with Crippen LogP contribution in [0.3, 0.4) is 0 Å². The number of carbonyl (C=O) groups is 1. The number of amides is 1. The highest BCUT2D eigenvalue weighted by molar-refractivity contribution is 5.78. The number of halogens is 3. The fourth-order valence-corrected chi connectivity index (χ4v) is 2.14. The van der Waals surface area contributed by atoms with Gasteiger partial charge in [0.15, 0.2) is 0 Å². The second kappa shape index (κ2) is 6.80. The van der Waals surface area contributed by atoms with E-state index in [4.69, 9.17) is 4.74 Å². The molecule has 7 heteroatoms. The van der Waals surface area contributed by atoms with Crippen molar-refractivity contribution in [2.75, 3.05) is 19.8 Å². The standard InChI is InChI=1S/C14H16F3NO3/c15-14(16,17)21-12-4-2-1-3-10(12)5-7-18-13(19)11-6-8-20-9-11/h1-4,11H,5-9H2,(H,18,19)/t11-/m1/s1. The van der Waals surface area contributed by atoms with Crippen molar-refractivity contribution in [1.29, 1.82) is 0 Å². The van der Waals surface area contributed by atoms with Crippen LogP contribution >= 0.6 is 0 Å². The van der Waals surface area contributed by atoms with Crippen LogP contribution in [0.1, 0.15) is 12.0 Å². The fourth-order valence-electron chi connectivity index (χ4n) is 2.14. The predicted octanol–water partition coefficient (Wildman–Crippen LogP) is 2.28. The van der Waals surface area contributed by atoms with Gasteiger partial charge >= 0.3 is 6.36 Å². The highest BCUT2D eigenvalue weighted by Crippen LogP contribution is 2.26. The maximum atomic E-state index is 12.3. The summed E-state index contributed by atoms with van der Waals surface area (Å²) in [6.07, 6.45) is -3.77. The monoisotopic (exact) mass is 303 g/mol. The molecule has 116 valence electrons. The lowest BCUT2D eigenvalue weighted by atomic mass is 10.1. The highest BCUT2D eigenvalue weighted by atomic mass is 19.4. The summed E-state index contributed by atoms with van der Waals surface area (Å²) in [4.78, 5) is 11.7. The van der Waals surface area contributed by atoms with Crippen LogP contribution in [0.5, 0.6) is 5.75 Å².